The van der Waals surface area contributed by atoms with Crippen LogP contribution in [0.4, 0.5) is 11.8 Å². The molecule has 0 atom stereocenters. The van der Waals surface area contributed by atoms with Crippen LogP contribution in [0.25, 0.3) is 0 Å². The van der Waals surface area contributed by atoms with E-state index in [0.717, 1.165) is 68.2 Å². The zero-order valence-corrected chi connectivity index (χ0v) is 16.8. The number of carbonyl (C=O) groups is 1. The van der Waals surface area contributed by atoms with Crippen LogP contribution in [0.2, 0.25) is 0 Å². The highest BCUT2D eigenvalue weighted by atomic mass is 16.2. The second-order valence-corrected chi connectivity index (χ2v) is 7.35. The summed E-state index contributed by atoms with van der Waals surface area (Å²) in [4.78, 5) is 25.4. The van der Waals surface area contributed by atoms with E-state index in [0.29, 0.717) is 6.42 Å². The first-order chi connectivity index (χ1) is 13.5. The number of piperazine rings is 1. The van der Waals surface area contributed by atoms with Crippen LogP contribution in [0.1, 0.15) is 41.4 Å². The first-order valence-corrected chi connectivity index (χ1v) is 9.99. The predicted molar refractivity (Wildman–Crippen MR) is 112 cm³/mol. The number of rotatable bonds is 7. The maximum atomic E-state index is 12.7. The molecule has 28 heavy (non-hydrogen) atoms. The molecule has 3 rings (SSSR count). The molecular weight excluding hydrogens is 352 g/mol. The first-order valence-electron chi connectivity index (χ1n) is 9.99. The fourth-order valence-electron chi connectivity index (χ4n) is 3.26. The average Bonchev–Trinajstić information content (AvgIpc) is 2.68. The number of aromatic nitrogens is 2. The molecule has 1 aromatic carbocycles. The Morgan fingerprint density at radius 1 is 1.14 bits per heavy atom. The van der Waals surface area contributed by atoms with Crippen LogP contribution < -0.4 is 11.1 Å². The lowest BCUT2D eigenvalue weighted by Gasteiger charge is -2.32. The normalized spacial score (nSPS) is 14.9. The zero-order chi connectivity index (χ0) is 19.9. The Morgan fingerprint density at radius 2 is 1.86 bits per heavy atom. The summed E-state index contributed by atoms with van der Waals surface area (Å²) in [6.45, 7) is 6.44. The minimum absolute atomic E-state index is 0.105. The number of nitrogens with one attached hydrogen (secondary N) is 1. The number of hydrogen-bond acceptors (Lipinski definition) is 6. The van der Waals surface area contributed by atoms with Crippen molar-refractivity contribution in [3.63, 3.8) is 0 Å². The lowest BCUT2D eigenvalue weighted by atomic mass is 10.1. The molecule has 3 N–H and O–H groups in total. The molecule has 0 unspecified atom stereocenters. The fourth-order valence-corrected chi connectivity index (χ4v) is 3.26. The topological polar surface area (TPSA) is 87.4 Å². The average molecular weight is 383 g/mol. The summed E-state index contributed by atoms with van der Waals surface area (Å²) in [5, 5.41) is 3.29. The quantitative estimate of drug-likeness (QED) is 0.714. The molecular formula is C21H30N6O. The smallest absolute Gasteiger partial charge is 0.253 e. The summed E-state index contributed by atoms with van der Waals surface area (Å²) in [5.74, 6) is 1.14. The van der Waals surface area contributed by atoms with Crippen molar-refractivity contribution in [1.82, 2.24) is 19.8 Å². The molecule has 1 saturated heterocycles. The van der Waals surface area contributed by atoms with Gasteiger partial charge in [0.15, 0.2) is 0 Å². The van der Waals surface area contributed by atoms with Gasteiger partial charge in [-0.05, 0) is 31.2 Å². The van der Waals surface area contributed by atoms with Gasteiger partial charge in [-0.1, -0.05) is 25.5 Å². The molecule has 1 amide bonds. The maximum Gasteiger partial charge on any atom is 0.253 e. The number of nitrogens with two attached hydrogens (primary N) is 1. The molecule has 150 valence electrons. The minimum atomic E-state index is 0.105. The third-order valence-electron chi connectivity index (χ3n) is 5.01. The Bertz CT molecular complexity index is 784. The van der Waals surface area contributed by atoms with Gasteiger partial charge in [0.1, 0.15) is 5.82 Å². The molecule has 1 aliphatic rings. The highest BCUT2D eigenvalue weighted by Gasteiger charge is 2.20. The monoisotopic (exact) mass is 382 g/mol. The Labute approximate surface area is 167 Å². The van der Waals surface area contributed by atoms with Gasteiger partial charge in [0, 0.05) is 50.8 Å². The van der Waals surface area contributed by atoms with Gasteiger partial charge in [-0.25, -0.2) is 4.98 Å². The molecule has 0 radical (unpaired) electrons. The molecule has 0 aliphatic carbocycles. The number of benzene rings is 1. The van der Waals surface area contributed by atoms with Crippen molar-refractivity contribution in [2.45, 2.75) is 26.2 Å². The van der Waals surface area contributed by atoms with Gasteiger partial charge in [-0.2, -0.15) is 4.98 Å². The molecule has 0 spiro atoms. The van der Waals surface area contributed by atoms with E-state index < -0.39 is 0 Å². The molecule has 1 aliphatic heterocycles. The number of unbranched alkanes of at least 4 members (excludes halogenated alkanes) is 1. The van der Waals surface area contributed by atoms with Crippen molar-refractivity contribution in [1.29, 1.82) is 0 Å². The van der Waals surface area contributed by atoms with E-state index in [1.807, 2.05) is 35.2 Å². The van der Waals surface area contributed by atoms with E-state index in [1.54, 1.807) is 0 Å². The Kier molecular flexibility index (Phi) is 6.81. The van der Waals surface area contributed by atoms with E-state index in [4.69, 9.17) is 5.73 Å². The third kappa shape index (κ3) is 5.42. The second kappa shape index (κ2) is 9.50. The Balaban J connectivity index is 1.63. The number of likely N-dealkylation sites (N-methyl/N-ethyl adjacent to an activating group) is 1. The van der Waals surface area contributed by atoms with Crippen LogP contribution in [0.5, 0.6) is 0 Å². The van der Waals surface area contributed by atoms with Crippen LogP contribution in [-0.4, -0.2) is 65.4 Å². The van der Waals surface area contributed by atoms with E-state index in [2.05, 4.69) is 34.2 Å². The van der Waals surface area contributed by atoms with Gasteiger partial charge in [0.25, 0.3) is 5.91 Å². The summed E-state index contributed by atoms with van der Waals surface area (Å²) in [7, 11) is 2.08. The van der Waals surface area contributed by atoms with Gasteiger partial charge in [-0.3, -0.25) is 4.79 Å². The van der Waals surface area contributed by atoms with Crippen LogP contribution in [-0.2, 0) is 6.42 Å². The van der Waals surface area contributed by atoms with Gasteiger partial charge in [0.05, 0.1) is 5.69 Å². The summed E-state index contributed by atoms with van der Waals surface area (Å²) < 4.78 is 0. The summed E-state index contributed by atoms with van der Waals surface area (Å²) >= 11 is 0. The summed E-state index contributed by atoms with van der Waals surface area (Å²) in [6.07, 6.45) is 2.86. The summed E-state index contributed by atoms with van der Waals surface area (Å²) in [5.41, 5.74) is 8.55. The molecule has 7 nitrogen and oxygen atoms in total. The number of amides is 1. The molecule has 0 saturated carbocycles. The van der Waals surface area contributed by atoms with Crippen LogP contribution in [0, 0.1) is 0 Å². The van der Waals surface area contributed by atoms with E-state index in [1.165, 1.54) is 0 Å². The van der Waals surface area contributed by atoms with Crippen molar-refractivity contribution in [3.05, 3.63) is 47.2 Å². The maximum absolute atomic E-state index is 12.7. The minimum Gasteiger partial charge on any atom is -0.370 e. The SMILES string of the molecule is CCCCNc1cc(Cc2ccc(C(=O)N3CCN(C)CC3)cc2)nc(N)n1. The van der Waals surface area contributed by atoms with Crippen molar-refractivity contribution in [2.24, 2.45) is 0 Å². The number of nitrogens with zero attached hydrogens (tertiary/aromatic N) is 4. The van der Waals surface area contributed by atoms with Crippen LogP contribution >= 0.6 is 0 Å². The summed E-state index contributed by atoms with van der Waals surface area (Å²) in [6, 6.07) is 9.73. The van der Waals surface area contributed by atoms with Gasteiger partial charge in [-0.15, -0.1) is 0 Å². The van der Waals surface area contributed by atoms with Crippen molar-refractivity contribution < 1.29 is 4.79 Å². The fraction of sp³-hybridized carbons (Fsp3) is 0.476. The second-order valence-electron chi connectivity index (χ2n) is 7.35. The number of hydrogen-bond donors (Lipinski definition) is 2. The molecule has 2 aromatic rings. The standard InChI is InChI=1S/C21H30N6O/c1-3-4-9-23-19-15-18(24-21(22)25-19)14-16-5-7-17(8-6-16)20(28)27-12-10-26(2)11-13-27/h5-8,15H,3-4,9-14H2,1-2H3,(H3,22,23,24,25). The number of nitrogen functional groups attached to an aromatic ring is 1. The molecule has 0 bridgehead atoms. The van der Waals surface area contributed by atoms with Crippen LogP contribution in [0.15, 0.2) is 30.3 Å². The Hall–Kier alpha value is -2.67. The number of carbonyl (C=O) groups excluding carboxylic acids is 1. The van der Waals surface area contributed by atoms with Crippen molar-refractivity contribution in [2.75, 3.05) is 50.8 Å². The predicted octanol–water partition coefficient (Wildman–Crippen LogP) is 2.25. The highest BCUT2D eigenvalue weighted by molar-refractivity contribution is 5.94. The van der Waals surface area contributed by atoms with Gasteiger partial charge in [0.2, 0.25) is 5.95 Å². The van der Waals surface area contributed by atoms with E-state index in [9.17, 15) is 4.79 Å². The molecule has 1 aromatic heterocycles. The zero-order valence-electron chi connectivity index (χ0n) is 16.8. The molecule has 7 heteroatoms. The third-order valence-corrected chi connectivity index (χ3v) is 5.01. The molecule has 1 fully saturated rings. The van der Waals surface area contributed by atoms with Crippen LogP contribution in [0.3, 0.4) is 0 Å². The largest absolute Gasteiger partial charge is 0.370 e. The Morgan fingerprint density at radius 3 is 2.54 bits per heavy atom. The van der Waals surface area contributed by atoms with E-state index >= 15 is 0 Å². The van der Waals surface area contributed by atoms with Crippen molar-refractivity contribution in [3.8, 4) is 0 Å². The lowest BCUT2D eigenvalue weighted by molar-refractivity contribution is 0.0664. The number of anilines is 2. The molecule has 2 heterocycles. The van der Waals surface area contributed by atoms with E-state index in [-0.39, 0.29) is 11.9 Å². The van der Waals surface area contributed by atoms with Gasteiger partial charge >= 0.3 is 0 Å². The van der Waals surface area contributed by atoms with Gasteiger partial charge < -0.3 is 20.9 Å². The lowest BCUT2D eigenvalue weighted by Crippen LogP contribution is -2.47. The highest BCUT2D eigenvalue weighted by Crippen LogP contribution is 2.15. The van der Waals surface area contributed by atoms with Crippen molar-refractivity contribution >= 4 is 17.7 Å². The first kappa shape index (κ1) is 20.1.